The smallest absolute Gasteiger partial charge is 0.134 e. The van der Waals surface area contributed by atoms with E-state index in [1.165, 1.54) is 17.7 Å². The van der Waals surface area contributed by atoms with Gasteiger partial charge in [-0.3, -0.25) is 0 Å². The Morgan fingerprint density at radius 2 is 2.38 bits per heavy atom. The first-order chi connectivity index (χ1) is 6.36. The first-order valence-electron chi connectivity index (χ1n) is 4.65. The number of rotatable bonds is 4. The van der Waals surface area contributed by atoms with E-state index in [9.17, 15) is 0 Å². The fraction of sp³-hybridized carbons (Fsp3) is 0.600. The van der Waals surface area contributed by atoms with Gasteiger partial charge < -0.3 is 10.1 Å². The molecular weight excluding hydrogens is 182 g/mol. The van der Waals surface area contributed by atoms with Crippen molar-refractivity contribution in [2.45, 2.75) is 18.9 Å². The molecule has 72 valence electrons. The Balaban J connectivity index is 2.20. The van der Waals surface area contributed by atoms with Crippen LogP contribution in [0.5, 0.6) is 5.75 Å². The summed E-state index contributed by atoms with van der Waals surface area (Å²) in [5.74, 6) is 1.87. The molecule has 0 spiro atoms. The van der Waals surface area contributed by atoms with Crippen molar-refractivity contribution >= 4 is 11.3 Å². The fourth-order valence-electron chi connectivity index (χ4n) is 1.71. The van der Waals surface area contributed by atoms with Crippen LogP contribution in [0.3, 0.4) is 0 Å². The lowest BCUT2D eigenvalue weighted by atomic mass is 10.1. The second kappa shape index (κ2) is 3.68. The van der Waals surface area contributed by atoms with Crippen molar-refractivity contribution in [2.24, 2.45) is 5.92 Å². The van der Waals surface area contributed by atoms with Crippen LogP contribution in [0.1, 0.15) is 23.8 Å². The summed E-state index contributed by atoms with van der Waals surface area (Å²) in [4.78, 5) is 1.35. The Kier molecular flexibility index (Phi) is 2.56. The van der Waals surface area contributed by atoms with Gasteiger partial charge in [0.15, 0.2) is 0 Å². The number of methoxy groups -OCH3 is 1. The van der Waals surface area contributed by atoms with E-state index in [4.69, 9.17) is 4.74 Å². The lowest BCUT2D eigenvalue weighted by Gasteiger charge is -2.14. The van der Waals surface area contributed by atoms with E-state index < -0.39 is 0 Å². The molecule has 1 heterocycles. The lowest BCUT2D eigenvalue weighted by molar-refractivity contribution is 0.401. The van der Waals surface area contributed by atoms with Crippen LogP contribution in [0.15, 0.2) is 11.4 Å². The molecule has 1 aromatic heterocycles. The Bertz CT molecular complexity index is 280. The van der Waals surface area contributed by atoms with Gasteiger partial charge in [-0.2, -0.15) is 0 Å². The van der Waals surface area contributed by atoms with E-state index in [0.29, 0.717) is 6.04 Å². The second-order valence-corrected chi connectivity index (χ2v) is 4.40. The van der Waals surface area contributed by atoms with Gasteiger partial charge >= 0.3 is 0 Å². The minimum atomic E-state index is 0.509. The molecule has 0 radical (unpaired) electrons. The predicted octanol–water partition coefficient (Wildman–Crippen LogP) is 2.43. The molecule has 1 aromatic rings. The minimum absolute atomic E-state index is 0.509. The molecule has 0 saturated heterocycles. The highest BCUT2D eigenvalue weighted by Gasteiger charge is 2.33. The molecule has 1 N–H and O–H groups in total. The average Bonchev–Trinajstić information content (AvgIpc) is 2.86. The van der Waals surface area contributed by atoms with Crippen LogP contribution in [0, 0.1) is 5.92 Å². The van der Waals surface area contributed by atoms with Gasteiger partial charge in [0, 0.05) is 6.04 Å². The Labute approximate surface area is 82.9 Å². The van der Waals surface area contributed by atoms with Gasteiger partial charge in [-0.1, -0.05) is 0 Å². The van der Waals surface area contributed by atoms with Crippen molar-refractivity contribution in [3.05, 3.63) is 16.3 Å². The quantitative estimate of drug-likeness (QED) is 0.800. The normalized spacial score (nSPS) is 18.6. The summed E-state index contributed by atoms with van der Waals surface area (Å²) in [5.41, 5.74) is 0. The third kappa shape index (κ3) is 1.71. The topological polar surface area (TPSA) is 21.3 Å². The number of thiophene rings is 1. The van der Waals surface area contributed by atoms with Crippen molar-refractivity contribution in [1.29, 1.82) is 0 Å². The summed E-state index contributed by atoms with van der Waals surface area (Å²) in [6.45, 7) is 0. The molecule has 2 nitrogen and oxygen atoms in total. The monoisotopic (exact) mass is 197 g/mol. The van der Waals surface area contributed by atoms with E-state index in [2.05, 4.69) is 10.7 Å². The summed E-state index contributed by atoms with van der Waals surface area (Å²) in [5, 5.41) is 5.47. The minimum Gasteiger partial charge on any atom is -0.496 e. The highest BCUT2D eigenvalue weighted by molar-refractivity contribution is 7.10. The van der Waals surface area contributed by atoms with Gasteiger partial charge in [0.05, 0.1) is 12.0 Å². The summed E-state index contributed by atoms with van der Waals surface area (Å²) in [6.07, 6.45) is 2.71. The third-order valence-corrected chi connectivity index (χ3v) is 3.55. The van der Waals surface area contributed by atoms with Gasteiger partial charge in [-0.05, 0) is 37.3 Å². The molecule has 3 heteroatoms. The highest BCUT2D eigenvalue weighted by Crippen LogP contribution is 2.45. The maximum Gasteiger partial charge on any atom is 0.134 e. The second-order valence-electron chi connectivity index (χ2n) is 3.46. The van der Waals surface area contributed by atoms with E-state index in [0.717, 1.165) is 11.7 Å². The van der Waals surface area contributed by atoms with Crippen LogP contribution < -0.4 is 10.1 Å². The van der Waals surface area contributed by atoms with Crippen LogP contribution in [0.2, 0.25) is 0 Å². The van der Waals surface area contributed by atoms with Crippen molar-refractivity contribution < 1.29 is 4.74 Å². The summed E-state index contributed by atoms with van der Waals surface area (Å²) < 4.78 is 5.32. The first-order valence-corrected chi connectivity index (χ1v) is 5.53. The molecule has 0 bridgehead atoms. The molecule has 0 amide bonds. The van der Waals surface area contributed by atoms with E-state index >= 15 is 0 Å². The van der Waals surface area contributed by atoms with Gasteiger partial charge in [0.1, 0.15) is 5.75 Å². The van der Waals surface area contributed by atoms with Crippen LogP contribution in [0.4, 0.5) is 0 Å². The molecule has 0 aliphatic heterocycles. The van der Waals surface area contributed by atoms with Crippen LogP contribution in [-0.4, -0.2) is 14.2 Å². The van der Waals surface area contributed by atoms with Crippen molar-refractivity contribution in [3.8, 4) is 5.75 Å². The molecule has 0 aromatic carbocycles. The lowest BCUT2D eigenvalue weighted by Crippen LogP contribution is -2.17. The molecule has 1 fully saturated rings. The Morgan fingerprint density at radius 1 is 1.62 bits per heavy atom. The number of hydrogen-bond donors (Lipinski definition) is 1. The van der Waals surface area contributed by atoms with Crippen molar-refractivity contribution in [3.63, 3.8) is 0 Å². The first kappa shape index (κ1) is 9.03. The molecule has 13 heavy (non-hydrogen) atoms. The number of nitrogens with one attached hydrogen (secondary N) is 1. The molecule has 1 unspecified atom stereocenters. The zero-order chi connectivity index (χ0) is 9.26. The van der Waals surface area contributed by atoms with Crippen LogP contribution >= 0.6 is 11.3 Å². The maximum atomic E-state index is 5.32. The van der Waals surface area contributed by atoms with Gasteiger partial charge in [-0.25, -0.2) is 0 Å². The maximum absolute atomic E-state index is 5.32. The largest absolute Gasteiger partial charge is 0.496 e. The molecule has 2 rings (SSSR count). The van der Waals surface area contributed by atoms with Gasteiger partial charge in [-0.15, -0.1) is 11.3 Å². The zero-order valence-electron chi connectivity index (χ0n) is 8.04. The standard InChI is InChI=1S/C10H15NOS/c1-11-9(7-3-4-7)10-8(12-2)5-6-13-10/h5-7,9,11H,3-4H2,1-2H3. The van der Waals surface area contributed by atoms with E-state index in [1.807, 2.05) is 13.1 Å². The summed E-state index contributed by atoms with van der Waals surface area (Å²) in [7, 11) is 3.77. The summed E-state index contributed by atoms with van der Waals surface area (Å²) >= 11 is 1.79. The predicted molar refractivity (Wildman–Crippen MR) is 55.4 cm³/mol. The highest BCUT2D eigenvalue weighted by atomic mass is 32.1. The van der Waals surface area contributed by atoms with Gasteiger partial charge in [0.2, 0.25) is 0 Å². The third-order valence-electron chi connectivity index (χ3n) is 2.56. The number of hydrogen-bond acceptors (Lipinski definition) is 3. The van der Waals surface area contributed by atoms with Crippen LogP contribution in [0.25, 0.3) is 0 Å². The van der Waals surface area contributed by atoms with E-state index in [1.54, 1.807) is 18.4 Å². The Morgan fingerprint density at radius 3 is 2.92 bits per heavy atom. The SMILES string of the molecule is CNC(c1sccc1OC)C1CC1. The molecule has 1 aliphatic rings. The fourth-order valence-corrected chi connectivity index (χ4v) is 2.78. The summed E-state index contributed by atoms with van der Waals surface area (Å²) in [6, 6.07) is 2.56. The van der Waals surface area contributed by atoms with Crippen LogP contribution in [-0.2, 0) is 0 Å². The van der Waals surface area contributed by atoms with Gasteiger partial charge in [0.25, 0.3) is 0 Å². The average molecular weight is 197 g/mol. The molecule has 1 aliphatic carbocycles. The molecule has 1 saturated carbocycles. The van der Waals surface area contributed by atoms with E-state index in [-0.39, 0.29) is 0 Å². The zero-order valence-corrected chi connectivity index (χ0v) is 8.86. The number of ether oxygens (including phenoxy) is 1. The van der Waals surface area contributed by atoms with Crippen molar-refractivity contribution in [2.75, 3.05) is 14.2 Å². The van der Waals surface area contributed by atoms with Crippen molar-refractivity contribution in [1.82, 2.24) is 5.32 Å². The Hall–Kier alpha value is -0.540. The molecule has 1 atom stereocenters. The molecular formula is C10H15NOS.